The Labute approximate surface area is 147 Å². The van der Waals surface area contributed by atoms with Gasteiger partial charge in [0.2, 0.25) is 0 Å². The topological polar surface area (TPSA) is 98.8 Å². The summed E-state index contributed by atoms with van der Waals surface area (Å²) in [6.45, 7) is 3.60. The smallest absolute Gasteiger partial charge is 0.303 e. The van der Waals surface area contributed by atoms with Gasteiger partial charge >= 0.3 is 5.97 Å². The minimum Gasteiger partial charge on any atom is -0.481 e. The first kappa shape index (κ1) is 16.9. The summed E-state index contributed by atoms with van der Waals surface area (Å²) in [5.74, 6) is -0.745. The highest BCUT2D eigenvalue weighted by molar-refractivity contribution is 7.09. The molecule has 1 aromatic carbocycles. The van der Waals surface area contributed by atoms with E-state index in [1.165, 1.54) is 0 Å². The molecular weight excluding hydrogens is 338 g/mol. The summed E-state index contributed by atoms with van der Waals surface area (Å²) in [6.07, 6.45) is 2.01. The van der Waals surface area contributed by atoms with Crippen LogP contribution in [0.5, 0.6) is 0 Å². The van der Waals surface area contributed by atoms with Crippen LogP contribution in [0.3, 0.4) is 0 Å². The first-order valence-electron chi connectivity index (χ1n) is 7.77. The van der Waals surface area contributed by atoms with E-state index in [4.69, 9.17) is 5.11 Å². The lowest BCUT2D eigenvalue weighted by Crippen LogP contribution is -2.05. The number of nitrogens with one attached hydrogen (secondary N) is 2. The van der Waals surface area contributed by atoms with E-state index in [0.717, 1.165) is 32.6 Å². The van der Waals surface area contributed by atoms with Gasteiger partial charge in [0.15, 0.2) is 0 Å². The third kappa shape index (κ3) is 3.46. The molecule has 7 heteroatoms. The molecule has 3 heterocycles. The highest BCUT2D eigenvalue weighted by Gasteiger charge is 2.08. The van der Waals surface area contributed by atoms with Crippen LogP contribution in [-0.2, 0) is 4.79 Å². The second-order valence-corrected chi connectivity index (χ2v) is 6.54. The van der Waals surface area contributed by atoms with Crippen LogP contribution in [-0.4, -0.2) is 26.0 Å². The average molecular weight is 355 g/mol. The van der Waals surface area contributed by atoms with E-state index in [1.807, 2.05) is 25.1 Å². The van der Waals surface area contributed by atoms with Crippen molar-refractivity contribution in [3.8, 4) is 11.3 Å². The van der Waals surface area contributed by atoms with Crippen molar-refractivity contribution in [1.82, 2.24) is 15.0 Å². The summed E-state index contributed by atoms with van der Waals surface area (Å²) in [6, 6.07) is 7.94. The van der Waals surface area contributed by atoms with Crippen LogP contribution >= 0.6 is 11.3 Å². The van der Waals surface area contributed by atoms with Crippen molar-refractivity contribution >= 4 is 39.1 Å². The molecule has 25 heavy (non-hydrogen) atoms. The fraction of sp³-hybridized carbons (Fsp3) is 0.167. The SMILES string of the molecule is CCC(=O)O.Cc1nc(-c2ccc3[nH]c(=O)c4[nH]ccc4c3c2)cs1. The van der Waals surface area contributed by atoms with E-state index in [2.05, 4.69) is 26.4 Å². The Hall–Kier alpha value is -2.93. The van der Waals surface area contributed by atoms with Crippen LogP contribution in [0.25, 0.3) is 33.1 Å². The molecule has 0 bridgehead atoms. The van der Waals surface area contributed by atoms with Gasteiger partial charge in [-0.15, -0.1) is 11.3 Å². The van der Waals surface area contributed by atoms with Crippen LogP contribution in [0.4, 0.5) is 0 Å². The largest absolute Gasteiger partial charge is 0.481 e. The van der Waals surface area contributed by atoms with Crippen LogP contribution in [0.15, 0.2) is 40.6 Å². The number of carboxylic acid groups (broad SMARTS) is 1. The molecule has 4 aromatic rings. The zero-order valence-corrected chi connectivity index (χ0v) is 14.6. The van der Waals surface area contributed by atoms with Gasteiger partial charge in [0.1, 0.15) is 5.52 Å². The lowest BCUT2D eigenvalue weighted by atomic mass is 10.1. The number of H-pyrrole nitrogens is 2. The maximum Gasteiger partial charge on any atom is 0.303 e. The molecule has 0 atom stereocenters. The Balaban J connectivity index is 0.000000324. The fourth-order valence-electron chi connectivity index (χ4n) is 2.50. The normalized spacial score (nSPS) is 10.6. The quantitative estimate of drug-likeness (QED) is 0.507. The van der Waals surface area contributed by atoms with E-state index in [1.54, 1.807) is 24.5 Å². The summed E-state index contributed by atoms with van der Waals surface area (Å²) in [7, 11) is 0. The van der Waals surface area contributed by atoms with E-state index in [0.29, 0.717) is 5.52 Å². The number of rotatable bonds is 2. The van der Waals surface area contributed by atoms with Crippen LogP contribution in [0, 0.1) is 6.92 Å². The molecule has 0 saturated carbocycles. The number of hydrogen-bond donors (Lipinski definition) is 3. The van der Waals surface area contributed by atoms with Crippen LogP contribution in [0.2, 0.25) is 0 Å². The molecule has 4 rings (SSSR count). The summed E-state index contributed by atoms with van der Waals surface area (Å²) in [4.78, 5) is 31.7. The highest BCUT2D eigenvalue weighted by atomic mass is 32.1. The molecule has 0 spiro atoms. The molecule has 0 amide bonds. The zero-order valence-electron chi connectivity index (χ0n) is 13.8. The van der Waals surface area contributed by atoms with E-state index in [9.17, 15) is 9.59 Å². The second-order valence-electron chi connectivity index (χ2n) is 5.48. The van der Waals surface area contributed by atoms with Crippen molar-refractivity contribution in [1.29, 1.82) is 0 Å². The number of nitrogens with zero attached hydrogens (tertiary/aromatic N) is 1. The number of aliphatic carboxylic acids is 1. The van der Waals surface area contributed by atoms with Gasteiger partial charge in [0.25, 0.3) is 5.56 Å². The number of carbonyl (C=O) groups is 1. The van der Waals surface area contributed by atoms with Crippen LogP contribution in [0.1, 0.15) is 18.4 Å². The molecule has 0 radical (unpaired) electrons. The van der Waals surface area contributed by atoms with Gasteiger partial charge in [0.05, 0.1) is 10.7 Å². The maximum absolute atomic E-state index is 11.9. The first-order chi connectivity index (χ1) is 12.0. The van der Waals surface area contributed by atoms with Crippen molar-refractivity contribution in [2.75, 3.05) is 0 Å². The predicted octanol–water partition coefficient (Wildman–Crippen LogP) is 3.92. The van der Waals surface area contributed by atoms with Gasteiger partial charge in [-0.3, -0.25) is 9.59 Å². The number of aromatic nitrogens is 3. The molecule has 0 aliphatic carbocycles. The van der Waals surface area contributed by atoms with Gasteiger partial charge in [-0.25, -0.2) is 4.98 Å². The average Bonchev–Trinajstić information content (AvgIpc) is 3.25. The first-order valence-corrected chi connectivity index (χ1v) is 8.65. The van der Waals surface area contributed by atoms with Gasteiger partial charge in [-0.05, 0) is 25.1 Å². The monoisotopic (exact) mass is 355 g/mol. The highest BCUT2D eigenvalue weighted by Crippen LogP contribution is 2.27. The van der Waals surface area contributed by atoms with Crippen molar-refractivity contribution in [3.63, 3.8) is 0 Å². The molecule has 0 aliphatic rings. The van der Waals surface area contributed by atoms with Crippen molar-refractivity contribution in [2.45, 2.75) is 20.3 Å². The molecule has 3 aromatic heterocycles. The third-order valence-corrected chi connectivity index (χ3v) is 4.52. The minimum absolute atomic E-state index is 0.0882. The molecule has 0 unspecified atom stereocenters. The van der Waals surface area contributed by atoms with Gasteiger partial charge in [-0.1, -0.05) is 13.0 Å². The van der Waals surface area contributed by atoms with E-state index < -0.39 is 5.97 Å². The summed E-state index contributed by atoms with van der Waals surface area (Å²) in [5, 5.41) is 12.8. The number of benzene rings is 1. The second kappa shape index (κ2) is 6.90. The van der Waals surface area contributed by atoms with Crippen molar-refractivity contribution in [2.24, 2.45) is 0 Å². The Bertz CT molecular complexity index is 1110. The number of hydrogen-bond acceptors (Lipinski definition) is 4. The number of carboxylic acids is 1. The summed E-state index contributed by atoms with van der Waals surface area (Å²) in [5.41, 5.74) is 3.41. The molecule has 0 saturated heterocycles. The summed E-state index contributed by atoms with van der Waals surface area (Å²) >= 11 is 1.64. The Morgan fingerprint density at radius 3 is 2.68 bits per heavy atom. The molecule has 128 valence electrons. The number of aryl methyl sites for hydroxylation is 1. The molecular formula is C18H17N3O3S. The predicted molar refractivity (Wildman–Crippen MR) is 100 cm³/mol. The van der Waals surface area contributed by atoms with Crippen LogP contribution < -0.4 is 5.56 Å². The Morgan fingerprint density at radius 2 is 2.04 bits per heavy atom. The molecule has 3 N–H and O–H groups in total. The van der Waals surface area contributed by atoms with Crippen molar-refractivity contribution in [3.05, 3.63) is 51.2 Å². The molecule has 6 nitrogen and oxygen atoms in total. The Kier molecular flexibility index (Phi) is 4.67. The lowest BCUT2D eigenvalue weighted by molar-refractivity contribution is -0.136. The van der Waals surface area contributed by atoms with Crippen molar-refractivity contribution < 1.29 is 9.90 Å². The molecule has 0 aliphatic heterocycles. The number of aromatic amines is 2. The third-order valence-electron chi connectivity index (χ3n) is 3.75. The van der Waals surface area contributed by atoms with E-state index in [-0.39, 0.29) is 12.0 Å². The van der Waals surface area contributed by atoms with Gasteiger partial charge in [-0.2, -0.15) is 0 Å². The zero-order chi connectivity index (χ0) is 18.0. The number of fused-ring (bicyclic) bond motifs is 3. The maximum atomic E-state index is 11.9. The van der Waals surface area contributed by atoms with Gasteiger partial charge in [0, 0.05) is 39.9 Å². The number of thiazole rings is 1. The Morgan fingerprint density at radius 1 is 1.28 bits per heavy atom. The van der Waals surface area contributed by atoms with E-state index >= 15 is 0 Å². The summed E-state index contributed by atoms with van der Waals surface area (Å²) < 4.78 is 0. The number of pyridine rings is 1. The fourth-order valence-corrected chi connectivity index (χ4v) is 3.12. The van der Waals surface area contributed by atoms with Gasteiger partial charge < -0.3 is 15.1 Å². The molecule has 0 fully saturated rings. The lowest BCUT2D eigenvalue weighted by Gasteiger charge is -2.03. The standard InChI is InChI=1S/C15H11N3OS.C3H6O2/c1-8-17-13(7-20-8)9-2-3-12-11(6-9)10-4-5-16-14(10)15(19)18-12;1-2-3(4)5/h2-7,16H,1H3,(H,18,19);2H2,1H3,(H,4,5). The minimum atomic E-state index is -0.745.